The summed E-state index contributed by atoms with van der Waals surface area (Å²) in [6, 6.07) is 1.96. The Labute approximate surface area is 69.9 Å². The van der Waals surface area contributed by atoms with E-state index in [-0.39, 0.29) is 26.8 Å². The van der Waals surface area contributed by atoms with Gasteiger partial charge in [-0.3, -0.25) is 0 Å². The molecule has 10 heavy (non-hydrogen) atoms. The van der Waals surface area contributed by atoms with Crippen LogP contribution >= 0.6 is 0 Å². The van der Waals surface area contributed by atoms with E-state index >= 15 is 0 Å². The van der Waals surface area contributed by atoms with Gasteiger partial charge in [-0.2, -0.15) is 0 Å². The molecule has 2 nitrogen and oxygen atoms in total. The number of rotatable bonds is 1. The Morgan fingerprint density at radius 3 is 2.80 bits per heavy atom. The maximum absolute atomic E-state index is 10.8. The second-order valence-electron chi connectivity index (χ2n) is 2.02. The average Bonchev–Trinajstić information content (AvgIpc) is 1.95. The second kappa shape index (κ2) is 3.18. The molecule has 0 aliphatic carbocycles. The predicted octanol–water partition coefficient (Wildman–Crippen LogP) is -2.43. The van der Waals surface area contributed by atoms with Gasteiger partial charge in [-0.1, -0.05) is 0 Å². The van der Waals surface area contributed by atoms with Crippen LogP contribution in [0.5, 0.6) is 0 Å². The number of pyridine rings is 1. The Balaban J connectivity index is 3.17. The van der Waals surface area contributed by atoms with Gasteiger partial charge < -0.3 is 0 Å². The van der Waals surface area contributed by atoms with E-state index in [1.807, 2.05) is 19.2 Å². The van der Waals surface area contributed by atoms with Gasteiger partial charge >= 0.3 is 69.8 Å². The van der Waals surface area contributed by atoms with Gasteiger partial charge in [0.25, 0.3) is 0 Å². The van der Waals surface area contributed by atoms with E-state index in [1.54, 1.807) is 0 Å². The second-order valence-corrected chi connectivity index (χ2v) is 4.34. The topological polar surface area (TPSA) is 32.9 Å². The molecule has 0 radical (unpaired) electrons. The van der Waals surface area contributed by atoms with E-state index in [0.29, 0.717) is 0 Å². The molecule has 0 saturated carbocycles. The van der Waals surface area contributed by atoms with Crippen LogP contribution in [0.3, 0.4) is 0 Å². The van der Waals surface area contributed by atoms with Crippen LogP contribution in [0.4, 0.5) is 0 Å². The summed E-state index contributed by atoms with van der Waals surface area (Å²) in [5, 5.41) is 0. The molecule has 1 rings (SSSR count). The van der Waals surface area contributed by atoms with Gasteiger partial charge in [0, 0.05) is 0 Å². The van der Waals surface area contributed by atoms with Crippen LogP contribution in [-0.2, 0) is 0 Å². The van der Waals surface area contributed by atoms with Crippen molar-refractivity contribution in [2.24, 2.45) is 0 Å². The molecule has 3 heteroatoms. The van der Waals surface area contributed by atoms with Crippen molar-refractivity contribution in [2.75, 3.05) is 4.93 Å². The van der Waals surface area contributed by atoms with Crippen LogP contribution in [0.15, 0.2) is 17.1 Å². The van der Waals surface area contributed by atoms with E-state index in [1.165, 1.54) is 3.57 Å². The van der Waals surface area contributed by atoms with Crippen molar-refractivity contribution >= 4 is 0 Å². The Morgan fingerprint density at radius 2 is 2.30 bits per heavy atom. The molecule has 0 aliphatic heterocycles. The van der Waals surface area contributed by atoms with Crippen LogP contribution in [-0.4, -0.2) is 9.91 Å². The molecule has 0 atom stereocenters. The average molecular weight is 250 g/mol. The maximum atomic E-state index is 10.8. The molecule has 1 aromatic heterocycles. The molecule has 0 bridgehead atoms. The minimum absolute atomic E-state index is 0.0289. The number of alkyl halides is 1. The minimum atomic E-state index is 0.0289. The zero-order valence-corrected chi connectivity index (χ0v) is 8.10. The van der Waals surface area contributed by atoms with Gasteiger partial charge in [-0.05, 0) is 0 Å². The molecular weight excluding hydrogens is 241 g/mol. The molecule has 0 unspecified atom stereocenters. The summed E-state index contributed by atoms with van der Waals surface area (Å²) in [5.74, 6) is 0. The Morgan fingerprint density at radius 1 is 1.60 bits per heavy atom. The van der Waals surface area contributed by atoms with Gasteiger partial charge in [0.05, 0.1) is 0 Å². The molecule has 0 saturated heterocycles. The monoisotopic (exact) mass is 250 g/mol. The number of H-pyrrole nitrogens is 1. The standard InChI is InChI=1S/C7H9INO/c1-5-3-6(8-2)4-9-7(5)10/h3-4H,1-2H3,(H,9,10)/q-1. The number of halogens is 1. The molecule has 0 amide bonds. The van der Waals surface area contributed by atoms with E-state index in [9.17, 15) is 4.79 Å². The van der Waals surface area contributed by atoms with E-state index in [2.05, 4.69) is 9.91 Å². The normalized spacial score (nSPS) is 10.2. The van der Waals surface area contributed by atoms with Crippen molar-refractivity contribution in [1.82, 2.24) is 4.98 Å². The zero-order chi connectivity index (χ0) is 7.56. The van der Waals surface area contributed by atoms with Crippen molar-refractivity contribution in [3.05, 3.63) is 31.8 Å². The molecule has 56 valence electrons. The fourth-order valence-corrected chi connectivity index (χ4v) is 1.92. The number of nitrogens with one attached hydrogen (secondary N) is 1. The molecule has 0 spiro atoms. The molecule has 1 aromatic rings. The summed E-state index contributed by atoms with van der Waals surface area (Å²) in [4.78, 5) is 15.7. The van der Waals surface area contributed by atoms with E-state index in [4.69, 9.17) is 0 Å². The van der Waals surface area contributed by atoms with Gasteiger partial charge in [-0.25, -0.2) is 0 Å². The van der Waals surface area contributed by atoms with Crippen LogP contribution < -0.4 is 26.8 Å². The first kappa shape index (κ1) is 7.78. The Hall–Kier alpha value is -0.320. The van der Waals surface area contributed by atoms with Crippen molar-refractivity contribution in [1.29, 1.82) is 0 Å². The molecule has 0 aromatic carbocycles. The van der Waals surface area contributed by atoms with E-state index < -0.39 is 0 Å². The van der Waals surface area contributed by atoms with E-state index in [0.717, 1.165) is 5.56 Å². The summed E-state index contributed by atoms with van der Waals surface area (Å²) in [5.41, 5.74) is 0.847. The predicted molar refractivity (Wildman–Crippen MR) is 36.4 cm³/mol. The Bertz CT molecular complexity index is 279. The number of hydrogen-bond donors (Lipinski definition) is 1. The van der Waals surface area contributed by atoms with Crippen LogP contribution in [0.2, 0.25) is 0 Å². The van der Waals surface area contributed by atoms with Crippen molar-refractivity contribution in [3.8, 4) is 0 Å². The van der Waals surface area contributed by atoms with Gasteiger partial charge in [0.1, 0.15) is 0 Å². The summed E-state index contributed by atoms with van der Waals surface area (Å²) < 4.78 is 1.29. The zero-order valence-electron chi connectivity index (χ0n) is 5.94. The quantitative estimate of drug-likeness (QED) is 0.436. The van der Waals surface area contributed by atoms with Gasteiger partial charge in [0.15, 0.2) is 0 Å². The summed E-state index contributed by atoms with van der Waals surface area (Å²) in [6.07, 6.45) is 1.81. The molecule has 1 heterocycles. The third kappa shape index (κ3) is 1.59. The van der Waals surface area contributed by atoms with Crippen LogP contribution in [0.1, 0.15) is 5.56 Å². The van der Waals surface area contributed by atoms with Crippen molar-refractivity contribution in [3.63, 3.8) is 0 Å². The fraction of sp³-hybridized carbons (Fsp3) is 0.286. The third-order valence-electron chi connectivity index (χ3n) is 1.27. The Kier molecular flexibility index (Phi) is 2.48. The van der Waals surface area contributed by atoms with Gasteiger partial charge in [-0.15, -0.1) is 0 Å². The van der Waals surface area contributed by atoms with Crippen molar-refractivity contribution in [2.45, 2.75) is 6.92 Å². The third-order valence-corrected chi connectivity index (χ3v) is 3.14. The summed E-state index contributed by atoms with van der Waals surface area (Å²) in [7, 11) is 0. The number of aromatic nitrogens is 1. The van der Waals surface area contributed by atoms with Crippen LogP contribution in [0, 0.1) is 10.5 Å². The molecule has 0 fully saturated rings. The number of aryl methyl sites for hydroxylation is 1. The summed E-state index contributed by atoms with van der Waals surface area (Å²) >= 11 is 0.110. The summed E-state index contributed by atoms with van der Waals surface area (Å²) in [6.45, 7) is 1.84. The SMILES string of the molecule is C[I-]c1c[nH]c(=O)c(C)c1. The number of hydrogen-bond acceptors (Lipinski definition) is 1. The first-order valence-electron chi connectivity index (χ1n) is 2.93. The molecular formula is C7H9INO-. The van der Waals surface area contributed by atoms with Gasteiger partial charge in [0.2, 0.25) is 0 Å². The fourth-order valence-electron chi connectivity index (χ4n) is 0.671. The first-order chi connectivity index (χ1) is 4.74. The van der Waals surface area contributed by atoms with Crippen LogP contribution in [0.25, 0.3) is 0 Å². The first-order valence-corrected chi connectivity index (χ1v) is 6.16. The molecule has 0 aliphatic rings. The number of aromatic amines is 1. The van der Waals surface area contributed by atoms with Crippen molar-refractivity contribution < 1.29 is 21.2 Å². The molecule has 1 N–H and O–H groups in total.